The lowest BCUT2D eigenvalue weighted by Crippen LogP contribution is -2.34. The second kappa shape index (κ2) is 6.02. The maximum atomic E-state index is 9.80. The van der Waals surface area contributed by atoms with Crippen LogP contribution >= 0.6 is 0 Å². The van der Waals surface area contributed by atoms with E-state index in [1.807, 2.05) is 0 Å². The third-order valence-corrected chi connectivity index (χ3v) is 4.62. The number of rotatable bonds is 6. The maximum absolute atomic E-state index is 9.80. The first-order chi connectivity index (χ1) is 7.79. The van der Waals surface area contributed by atoms with Gasteiger partial charge in [0.2, 0.25) is 0 Å². The molecule has 0 bridgehead atoms. The van der Waals surface area contributed by atoms with Gasteiger partial charge in [-0.2, -0.15) is 0 Å². The Morgan fingerprint density at radius 2 is 1.88 bits per heavy atom. The first-order valence-electron chi connectivity index (χ1n) is 7.20. The fourth-order valence-corrected chi connectivity index (χ4v) is 3.12. The predicted octanol–water partition coefficient (Wildman–Crippen LogP) is 2.66. The van der Waals surface area contributed by atoms with Crippen molar-refractivity contribution in [2.45, 2.75) is 58.0 Å². The Bertz CT molecular complexity index is 203. The van der Waals surface area contributed by atoms with Crippen LogP contribution in [0.1, 0.15) is 51.9 Å². The molecule has 2 unspecified atom stereocenters. The molecule has 0 aromatic rings. The van der Waals surface area contributed by atoms with Crippen LogP contribution in [0.15, 0.2) is 0 Å². The van der Waals surface area contributed by atoms with Gasteiger partial charge in [-0.3, -0.25) is 0 Å². The highest BCUT2D eigenvalue weighted by Crippen LogP contribution is 2.30. The molecule has 94 valence electrons. The van der Waals surface area contributed by atoms with E-state index in [-0.39, 0.29) is 6.10 Å². The van der Waals surface area contributed by atoms with E-state index in [1.54, 1.807) is 0 Å². The number of aliphatic hydroxyl groups is 1. The highest BCUT2D eigenvalue weighted by atomic mass is 16.3. The molecule has 2 aliphatic carbocycles. The lowest BCUT2D eigenvalue weighted by Gasteiger charge is -2.32. The number of aliphatic hydroxyl groups excluding tert-OH is 1. The summed E-state index contributed by atoms with van der Waals surface area (Å²) in [4.78, 5) is 2.59. The zero-order valence-electron chi connectivity index (χ0n) is 10.7. The molecule has 0 radical (unpaired) electrons. The van der Waals surface area contributed by atoms with E-state index in [2.05, 4.69) is 11.8 Å². The van der Waals surface area contributed by atoms with Gasteiger partial charge in [0, 0.05) is 6.54 Å². The van der Waals surface area contributed by atoms with Crippen LogP contribution in [0.5, 0.6) is 0 Å². The predicted molar refractivity (Wildman–Crippen MR) is 67.4 cm³/mol. The normalized spacial score (nSPS) is 30.9. The Kier molecular flexibility index (Phi) is 4.66. The lowest BCUT2D eigenvalue weighted by atomic mass is 9.85. The van der Waals surface area contributed by atoms with Gasteiger partial charge in [-0.25, -0.2) is 0 Å². The summed E-state index contributed by atoms with van der Waals surface area (Å²) < 4.78 is 0. The van der Waals surface area contributed by atoms with E-state index >= 15 is 0 Å². The SMILES string of the molecule is CCN(CCC1CCCC1O)CC1CCC1. The van der Waals surface area contributed by atoms with Crippen molar-refractivity contribution in [2.24, 2.45) is 11.8 Å². The summed E-state index contributed by atoms with van der Waals surface area (Å²) >= 11 is 0. The molecule has 2 nitrogen and oxygen atoms in total. The van der Waals surface area contributed by atoms with Gasteiger partial charge in [-0.15, -0.1) is 0 Å². The van der Waals surface area contributed by atoms with E-state index in [0.29, 0.717) is 5.92 Å². The maximum Gasteiger partial charge on any atom is 0.0568 e. The third-order valence-electron chi connectivity index (χ3n) is 4.62. The van der Waals surface area contributed by atoms with E-state index in [0.717, 1.165) is 12.3 Å². The number of hydrogen-bond acceptors (Lipinski definition) is 2. The highest BCUT2D eigenvalue weighted by molar-refractivity contribution is 4.79. The summed E-state index contributed by atoms with van der Waals surface area (Å²) in [5, 5.41) is 9.80. The van der Waals surface area contributed by atoms with Gasteiger partial charge < -0.3 is 10.0 Å². The van der Waals surface area contributed by atoms with E-state index < -0.39 is 0 Å². The molecule has 0 spiro atoms. The molecule has 0 aliphatic heterocycles. The first kappa shape index (κ1) is 12.4. The van der Waals surface area contributed by atoms with Crippen molar-refractivity contribution < 1.29 is 5.11 Å². The average molecular weight is 225 g/mol. The van der Waals surface area contributed by atoms with Crippen molar-refractivity contribution >= 4 is 0 Å². The van der Waals surface area contributed by atoms with Crippen molar-refractivity contribution in [3.05, 3.63) is 0 Å². The molecule has 2 rings (SSSR count). The van der Waals surface area contributed by atoms with Gasteiger partial charge in [-0.1, -0.05) is 19.8 Å². The largest absolute Gasteiger partial charge is 0.393 e. The minimum Gasteiger partial charge on any atom is -0.393 e. The van der Waals surface area contributed by atoms with Crippen molar-refractivity contribution in [3.63, 3.8) is 0 Å². The quantitative estimate of drug-likeness (QED) is 0.751. The van der Waals surface area contributed by atoms with Crippen molar-refractivity contribution in [1.82, 2.24) is 4.90 Å². The Morgan fingerprint density at radius 3 is 2.38 bits per heavy atom. The zero-order valence-corrected chi connectivity index (χ0v) is 10.7. The van der Waals surface area contributed by atoms with Crippen LogP contribution in [-0.4, -0.2) is 35.7 Å². The highest BCUT2D eigenvalue weighted by Gasteiger charge is 2.26. The standard InChI is InChI=1S/C14H27NO/c1-2-15(11-12-5-3-6-12)10-9-13-7-4-8-14(13)16/h12-14,16H,2-11H2,1H3. The van der Waals surface area contributed by atoms with Crippen LogP contribution in [0.4, 0.5) is 0 Å². The Labute approximate surface area is 100 Å². The first-order valence-corrected chi connectivity index (χ1v) is 7.20. The van der Waals surface area contributed by atoms with Crippen LogP contribution in [0.2, 0.25) is 0 Å². The van der Waals surface area contributed by atoms with Gasteiger partial charge in [0.05, 0.1) is 6.10 Å². The summed E-state index contributed by atoms with van der Waals surface area (Å²) in [6.07, 6.45) is 9.08. The van der Waals surface area contributed by atoms with Crippen LogP contribution in [-0.2, 0) is 0 Å². The van der Waals surface area contributed by atoms with Crippen LogP contribution < -0.4 is 0 Å². The molecule has 0 aromatic heterocycles. The lowest BCUT2D eigenvalue weighted by molar-refractivity contribution is 0.111. The second-order valence-corrected chi connectivity index (χ2v) is 5.74. The molecular formula is C14H27NO. The van der Waals surface area contributed by atoms with Crippen molar-refractivity contribution in [1.29, 1.82) is 0 Å². The molecule has 2 heteroatoms. The number of hydrogen-bond donors (Lipinski definition) is 1. The summed E-state index contributed by atoms with van der Waals surface area (Å²) in [5.41, 5.74) is 0. The fraction of sp³-hybridized carbons (Fsp3) is 1.00. The van der Waals surface area contributed by atoms with Crippen molar-refractivity contribution in [3.8, 4) is 0 Å². The fourth-order valence-electron chi connectivity index (χ4n) is 3.12. The summed E-state index contributed by atoms with van der Waals surface area (Å²) in [5.74, 6) is 1.57. The molecule has 2 fully saturated rings. The minimum atomic E-state index is 0.00223. The molecule has 2 aliphatic rings. The number of nitrogens with zero attached hydrogens (tertiary/aromatic N) is 1. The van der Waals surface area contributed by atoms with Gasteiger partial charge >= 0.3 is 0 Å². The van der Waals surface area contributed by atoms with Crippen LogP contribution in [0, 0.1) is 11.8 Å². The Balaban J connectivity index is 1.65. The van der Waals surface area contributed by atoms with Crippen molar-refractivity contribution in [2.75, 3.05) is 19.6 Å². The molecule has 0 heterocycles. The van der Waals surface area contributed by atoms with E-state index in [9.17, 15) is 5.11 Å². The van der Waals surface area contributed by atoms with Crippen LogP contribution in [0.25, 0.3) is 0 Å². The van der Waals surface area contributed by atoms with Gasteiger partial charge in [0.15, 0.2) is 0 Å². The Morgan fingerprint density at radius 1 is 1.12 bits per heavy atom. The van der Waals surface area contributed by atoms with Gasteiger partial charge in [-0.05, 0) is 57.0 Å². The average Bonchev–Trinajstić information content (AvgIpc) is 2.62. The molecule has 1 N–H and O–H groups in total. The van der Waals surface area contributed by atoms with Crippen LogP contribution in [0.3, 0.4) is 0 Å². The zero-order chi connectivity index (χ0) is 11.4. The summed E-state index contributed by atoms with van der Waals surface area (Å²) in [6, 6.07) is 0. The molecule has 2 atom stereocenters. The molecular weight excluding hydrogens is 198 g/mol. The Hall–Kier alpha value is -0.0800. The third kappa shape index (κ3) is 3.21. The van der Waals surface area contributed by atoms with E-state index in [4.69, 9.17) is 0 Å². The smallest absolute Gasteiger partial charge is 0.0568 e. The minimum absolute atomic E-state index is 0.00223. The summed E-state index contributed by atoms with van der Waals surface area (Å²) in [7, 11) is 0. The topological polar surface area (TPSA) is 23.5 Å². The van der Waals surface area contributed by atoms with Gasteiger partial charge in [0.1, 0.15) is 0 Å². The van der Waals surface area contributed by atoms with E-state index in [1.165, 1.54) is 58.2 Å². The van der Waals surface area contributed by atoms with Gasteiger partial charge in [0.25, 0.3) is 0 Å². The second-order valence-electron chi connectivity index (χ2n) is 5.74. The summed E-state index contributed by atoms with van der Waals surface area (Å²) in [6.45, 7) is 5.96. The molecule has 0 amide bonds. The molecule has 0 saturated heterocycles. The molecule has 0 aromatic carbocycles. The molecule has 16 heavy (non-hydrogen) atoms. The monoisotopic (exact) mass is 225 g/mol. The molecule has 2 saturated carbocycles.